The fourth-order valence-electron chi connectivity index (χ4n) is 1.69. The third kappa shape index (κ3) is 3.70. The Morgan fingerprint density at radius 2 is 2.14 bits per heavy atom. The van der Waals surface area contributed by atoms with Gasteiger partial charge in [0.15, 0.2) is 5.69 Å². The predicted octanol–water partition coefficient (Wildman–Crippen LogP) is 3.67. The highest BCUT2D eigenvalue weighted by atomic mass is 35.5. The highest BCUT2D eigenvalue weighted by Gasteiger charge is 2.11. The van der Waals surface area contributed by atoms with Crippen molar-refractivity contribution in [2.45, 2.75) is 26.4 Å². The molecule has 2 aromatic rings. The summed E-state index contributed by atoms with van der Waals surface area (Å²) < 4.78 is 5.69. The van der Waals surface area contributed by atoms with Crippen LogP contribution in [-0.2, 0) is 0 Å². The summed E-state index contributed by atoms with van der Waals surface area (Å²) in [5.74, 6) is -0.497. The Labute approximate surface area is 127 Å². The van der Waals surface area contributed by atoms with Gasteiger partial charge in [0, 0.05) is 5.56 Å². The Balaban J connectivity index is 2.31. The Morgan fingerprint density at radius 1 is 1.38 bits per heavy atom. The molecular formula is C15H15ClN2O3. The molecule has 0 saturated carbocycles. The zero-order chi connectivity index (χ0) is 15.4. The molecule has 21 heavy (non-hydrogen) atoms. The van der Waals surface area contributed by atoms with Crippen LogP contribution >= 0.6 is 11.6 Å². The minimum atomic E-state index is -1.10. The summed E-state index contributed by atoms with van der Waals surface area (Å²) in [4.78, 5) is 18.7. The second-order valence-corrected chi connectivity index (χ2v) is 4.98. The number of carboxylic acids is 1. The first-order valence-electron chi connectivity index (χ1n) is 6.53. The second kappa shape index (κ2) is 6.54. The van der Waals surface area contributed by atoms with E-state index in [1.807, 2.05) is 13.8 Å². The molecular weight excluding hydrogens is 292 g/mol. The highest BCUT2D eigenvalue weighted by molar-refractivity contribution is 6.32. The number of ether oxygens (including phenoxy) is 1. The SMILES string of the molecule is CC[C@@H](C)Oc1ccc(-c2cc(C(=O)O)ncn2)cc1Cl. The van der Waals surface area contributed by atoms with Crippen molar-refractivity contribution in [1.29, 1.82) is 0 Å². The van der Waals surface area contributed by atoms with Crippen LogP contribution in [0.3, 0.4) is 0 Å². The molecule has 1 aromatic heterocycles. The zero-order valence-electron chi connectivity index (χ0n) is 11.7. The average molecular weight is 307 g/mol. The molecule has 2 rings (SSSR count). The fraction of sp³-hybridized carbons (Fsp3) is 0.267. The van der Waals surface area contributed by atoms with E-state index in [1.54, 1.807) is 18.2 Å². The Morgan fingerprint density at radius 3 is 2.76 bits per heavy atom. The lowest BCUT2D eigenvalue weighted by molar-refractivity contribution is 0.0690. The van der Waals surface area contributed by atoms with E-state index in [1.165, 1.54) is 12.4 Å². The van der Waals surface area contributed by atoms with E-state index in [0.717, 1.165) is 6.42 Å². The standard InChI is InChI=1S/C15H15ClN2O3/c1-3-9(2)21-14-5-4-10(6-11(14)16)12-7-13(15(19)20)18-8-17-12/h4-9H,3H2,1-2H3,(H,19,20)/t9-/m1/s1. The second-order valence-electron chi connectivity index (χ2n) is 4.58. The molecule has 0 aliphatic heterocycles. The molecule has 1 heterocycles. The molecule has 0 bridgehead atoms. The Kier molecular flexibility index (Phi) is 4.75. The Bertz CT molecular complexity index is 661. The number of halogens is 1. The zero-order valence-corrected chi connectivity index (χ0v) is 12.5. The van der Waals surface area contributed by atoms with Gasteiger partial charge >= 0.3 is 5.97 Å². The maximum absolute atomic E-state index is 10.9. The van der Waals surface area contributed by atoms with E-state index in [-0.39, 0.29) is 11.8 Å². The molecule has 0 aliphatic carbocycles. The van der Waals surface area contributed by atoms with Crippen molar-refractivity contribution >= 4 is 17.6 Å². The minimum absolute atomic E-state index is 0.0592. The number of aromatic nitrogens is 2. The van der Waals surface area contributed by atoms with E-state index in [0.29, 0.717) is 22.0 Å². The number of hydrogen-bond acceptors (Lipinski definition) is 4. The summed E-state index contributed by atoms with van der Waals surface area (Å²) in [6.45, 7) is 4.00. The summed E-state index contributed by atoms with van der Waals surface area (Å²) in [5.41, 5.74) is 1.15. The first-order chi connectivity index (χ1) is 10.0. The first-order valence-corrected chi connectivity index (χ1v) is 6.91. The van der Waals surface area contributed by atoms with Crippen molar-refractivity contribution in [2.24, 2.45) is 0 Å². The van der Waals surface area contributed by atoms with Crippen LogP contribution in [0.25, 0.3) is 11.3 Å². The molecule has 1 aromatic carbocycles. The summed E-state index contributed by atoms with van der Waals surface area (Å²) in [6, 6.07) is 6.65. The van der Waals surface area contributed by atoms with Crippen LogP contribution in [0.5, 0.6) is 5.75 Å². The van der Waals surface area contributed by atoms with Crippen LogP contribution in [0.4, 0.5) is 0 Å². The van der Waals surface area contributed by atoms with Crippen molar-refractivity contribution < 1.29 is 14.6 Å². The van der Waals surface area contributed by atoms with Gasteiger partial charge in [-0.1, -0.05) is 18.5 Å². The van der Waals surface area contributed by atoms with Gasteiger partial charge in [0.2, 0.25) is 0 Å². The number of carboxylic acid groups (broad SMARTS) is 1. The van der Waals surface area contributed by atoms with Gasteiger partial charge in [-0.2, -0.15) is 0 Å². The summed E-state index contributed by atoms with van der Waals surface area (Å²) >= 11 is 6.20. The van der Waals surface area contributed by atoms with Crippen molar-refractivity contribution in [3.8, 4) is 17.0 Å². The lowest BCUT2D eigenvalue weighted by Crippen LogP contribution is -2.09. The number of benzene rings is 1. The van der Waals surface area contributed by atoms with E-state index in [9.17, 15) is 4.79 Å². The van der Waals surface area contributed by atoms with E-state index in [4.69, 9.17) is 21.4 Å². The van der Waals surface area contributed by atoms with Crippen LogP contribution in [0.15, 0.2) is 30.6 Å². The molecule has 0 radical (unpaired) electrons. The lowest BCUT2D eigenvalue weighted by Gasteiger charge is -2.14. The van der Waals surface area contributed by atoms with Crippen LogP contribution < -0.4 is 4.74 Å². The van der Waals surface area contributed by atoms with Gasteiger partial charge in [-0.05, 0) is 37.6 Å². The number of aromatic carboxylic acids is 1. The maximum atomic E-state index is 10.9. The molecule has 110 valence electrons. The Hall–Kier alpha value is -2.14. The first kappa shape index (κ1) is 15.3. The number of nitrogens with zero attached hydrogens (tertiary/aromatic N) is 2. The highest BCUT2D eigenvalue weighted by Crippen LogP contribution is 2.30. The maximum Gasteiger partial charge on any atom is 0.354 e. The molecule has 0 spiro atoms. The normalized spacial score (nSPS) is 12.0. The van der Waals surface area contributed by atoms with Gasteiger partial charge < -0.3 is 9.84 Å². The summed E-state index contributed by atoms with van der Waals surface area (Å²) in [7, 11) is 0. The molecule has 0 aliphatic rings. The largest absolute Gasteiger partial charge is 0.489 e. The third-order valence-corrected chi connectivity index (χ3v) is 3.31. The van der Waals surface area contributed by atoms with Gasteiger partial charge in [0.25, 0.3) is 0 Å². The van der Waals surface area contributed by atoms with Gasteiger partial charge in [-0.3, -0.25) is 0 Å². The summed E-state index contributed by atoms with van der Waals surface area (Å²) in [6.07, 6.45) is 2.17. The van der Waals surface area contributed by atoms with Gasteiger partial charge in [-0.15, -0.1) is 0 Å². The topological polar surface area (TPSA) is 72.3 Å². The monoisotopic (exact) mass is 306 g/mol. The molecule has 0 fully saturated rings. The van der Waals surface area contributed by atoms with E-state index >= 15 is 0 Å². The van der Waals surface area contributed by atoms with Gasteiger partial charge in [-0.25, -0.2) is 14.8 Å². The average Bonchev–Trinajstić information content (AvgIpc) is 2.49. The molecule has 5 nitrogen and oxygen atoms in total. The van der Waals surface area contributed by atoms with Crippen LogP contribution in [0.2, 0.25) is 5.02 Å². The summed E-state index contributed by atoms with van der Waals surface area (Å²) in [5, 5.41) is 9.41. The smallest absolute Gasteiger partial charge is 0.354 e. The molecule has 1 atom stereocenters. The van der Waals surface area contributed by atoms with Gasteiger partial charge in [0.1, 0.15) is 12.1 Å². The third-order valence-electron chi connectivity index (χ3n) is 3.02. The minimum Gasteiger partial charge on any atom is -0.489 e. The van der Waals surface area contributed by atoms with Crippen LogP contribution in [0.1, 0.15) is 30.8 Å². The lowest BCUT2D eigenvalue weighted by atomic mass is 10.1. The molecule has 0 amide bonds. The fourth-order valence-corrected chi connectivity index (χ4v) is 1.91. The quantitative estimate of drug-likeness (QED) is 0.912. The van der Waals surface area contributed by atoms with Crippen molar-refractivity contribution in [3.05, 3.63) is 41.3 Å². The van der Waals surface area contributed by atoms with E-state index in [2.05, 4.69) is 9.97 Å². The van der Waals surface area contributed by atoms with Crippen molar-refractivity contribution in [1.82, 2.24) is 9.97 Å². The van der Waals surface area contributed by atoms with E-state index < -0.39 is 5.97 Å². The van der Waals surface area contributed by atoms with Crippen molar-refractivity contribution in [2.75, 3.05) is 0 Å². The van der Waals surface area contributed by atoms with Crippen molar-refractivity contribution in [3.63, 3.8) is 0 Å². The van der Waals surface area contributed by atoms with Crippen LogP contribution in [-0.4, -0.2) is 27.1 Å². The number of hydrogen-bond donors (Lipinski definition) is 1. The molecule has 0 unspecified atom stereocenters. The van der Waals surface area contributed by atoms with Crippen LogP contribution in [0, 0.1) is 0 Å². The predicted molar refractivity (Wildman–Crippen MR) is 79.8 cm³/mol. The van der Waals surface area contributed by atoms with Gasteiger partial charge in [0.05, 0.1) is 16.8 Å². The number of carbonyl (C=O) groups is 1. The number of rotatable bonds is 5. The molecule has 0 saturated heterocycles. The molecule has 6 heteroatoms. The molecule has 1 N–H and O–H groups in total.